The molecule has 2 N–H and O–H groups in total. The smallest absolute Gasteiger partial charge is 0.304 e. The van der Waals surface area contributed by atoms with Gasteiger partial charge in [-0.15, -0.1) is 0 Å². The van der Waals surface area contributed by atoms with Crippen LogP contribution in [0.15, 0.2) is 12.3 Å². The molecule has 1 heterocycles. The second-order valence-corrected chi connectivity index (χ2v) is 3.20. The lowest BCUT2D eigenvalue weighted by molar-refractivity contribution is -0.136. The van der Waals surface area contributed by atoms with E-state index in [1.54, 1.807) is 10.9 Å². The number of hydrogen-bond donors (Lipinski definition) is 2. The molecule has 5 nitrogen and oxygen atoms in total. The lowest BCUT2D eigenvalue weighted by atomic mass is 10.2. The van der Waals surface area contributed by atoms with Crippen molar-refractivity contribution in [2.75, 3.05) is 6.54 Å². The van der Waals surface area contributed by atoms with Crippen molar-refractivity contribution in [3.05, 3.63) is 18.0 Å². The Morgan fingerprint density at radius 2 is 2.50 bits per heavy atom. The molecule has 0 bridgehead atoms. The van der Waals surface area contributed by atoms with Crippen LogP contribution >= 0.6 is 0 Å². The maximum Gasteiger partial charge on any atom is 0.304 e. The van der Waals surface area contributed by atoms with Gasteiger partial charge in [-0.05, 0) is 13.0 Å². The van der Waals surface area contributed by atoms with Crippen molar-refractivity contribution in [2.45, 2.75) is 19.4 Å². The Bertz CT molecular complexity index is 309. The largest absolute Gasteiger partial charge is 0.481 e. The van der Waals surface area contributed by atoms with E-state index < -0.39 is 5.97 Å². The molecule has 0 fully saturated rings. The van der Waals surface area contributed by atoms with Gasteiger partial charge in [0.2, 0.25) is 0 Å². The van der Waals surface area contributed by atoms with E-state index in [0.29, 0.717) is 6.54 Å². The lowest BCUT2D eigenvalue weighted by Crippen LogP contribution is -2.23. The van der Waals surface area contributed by atoms with Crippen molar-refractivity contribution in [3.8, 4) is 0 Å². The van der Waals surface area contributed by atoms with Crippen LogP contribution in [0.1, 0.15) is 25.1 Å². The molecule has 0 aromatic carbocycles. The summed E-state index contributed by atoms with van der Waals surface area (Å²) in [7, 11) is 1.87. The zero-order chi connectivity index (χ0) is 10.6. The second-order valence-electron chi connectivity index (χ2n) is 3.20. The number of hydrogen-bond acceptors (Lipinski definition) is 3. The van der Waals surface area contributed by atoms with Crippen LogP contribution in [0, 0.1) is 0 Å². The van der Waals surface area contributed by atoms with Gasteiger partial charge in [-0.25, -0.2) is 0 Å². The van der Waals surface area contributed by atoms with E-state index in [4.69, 9.17) is 5.11 Å². The fourth-order valence-electron chi connectivity index (χ4n) is 1.31. The summed E-state index contributed by atoms with van der Waals surface area (Å²) in [6.45, 7) is 2.46. The third kappa shape index (κ3) is 2.85. The second kappa shape index (κ2) is 4.76. The molecule has 1 unspecified atom stereocenters. The van der Waals surface area contributed by atoms with E-state index in [-0.39, 0.29) is 12.5 Å². The maximum absolute atomic E-state index is 10.3. The van der Waals surface area contributed by atoms with Crippen LogP contribution in [-0.4, -0.2) is 27.4 Å². The van der Waals surface area contributed by atoms with E-state index in [1.165, 1.54) is 0 Å². The third-order valence-electron chi connectivity index (χ3n) is 2.09. The Labute approximate surface area is 82.7 Å². The fourth-order valence-corrected chi connectivity index (χ4v) is 1.31. The minimum Gasteiger partial charge on any atom is -0.481 e. The predicted octanol–water partition coefficient (Wildman–Crippen LogP) is 0.545. The van der Waals surface area contributed by atoms with Gasteiger partial charge in [0.1, 0.15) is 0 Å². The molecular formula is C9H15N3O2. The summed E-state index contributed by atoms with van der Waals surface area (Å²) in [4.78, 5) is 10.3. The first kappa shape index (κ1) is 10.7. The number of nitrogens with zero attached hydrogens (tertiary/aromatic N) is 2. The van der Waals surface area contributed by atoms with E-state index in [9.17, 15) is 4.79 Å². The van der Waals surface area contributed by atoms with Crippen molar-refractivity contribution >= 4 is 5.97 Å². The summed E-state index contributed by atoms with van der Waals surface area (Å²) in [6.07, 6.45) is 1.87. The highest BCUT2D eigenvalue weighted by molar-refractivity contribution is 5.66. The number of carboxylic acid groups (broad SMARTS) is 1. The number of aromatic nitrogens is 2. The summed E-state index contributed by atoms with van der Waals surface area (Å²) in [5.74, 6) is -0.783. The summed E-state index contributed by atoms with van der Waals surface area (Å²) in [6, 6.07) is 2.04. The normalized spacial score (nSPS) is 12.7. The summed E-state index contributed by atoms with van der Waals surface area (Å²) in [5, 5.41) is 15.6. The Balaban J connectivity index is 2.39. The fraction of sp³-hybridized carbons (Fsp3) is 0.556. The van der Waals surface area contributed by atoms with Crippen LogP contribution in [0.5, 0.6) is 0 Å². The number of carboxylic acids is 1. The van der Waals surface area contributed by atoms with Gasteiger partial charge in [-0.3, -0.25) is 9.48 Å². The van der Waals surface area contributed by atoms with Crippen molar-refractivity contribution in [1.29, 1.82) is 0 Å². The zero-order valence-corrected chi connectivity index (χ0v) is 8.40. The summed E-state index contributed by atoms with van der Waals surface area (Å²) in [5.41, 5.74) is 1.05. The molecule has 0 aliphatic carbocycles. The minimum atomic E-state index is -0.783. The van der Waals surface area contributed by atoms with Crippen molar-refractivity contribution in [2.24, 2.45) is 7.05 Å². The van der Waals surface area contributed by atoms with Crippen LogP contribution in [0.4, 0.5) is 0 Å². The molecule has 1 rings (SSSR count). The maximum atomic E-state index is 10.3. The SMILES string of the molecule is CC(NCCC(=O)O)c1ccnn1C. The van der Waals surface area contributed by atoms with Gasteiger partial charge < -0.3 is 10.4 Å². The predicted molar refractivity (Wildman–Crippen MR) is 51.9 cm³/mol. The molecule has 1 aromatic rings. The first-order valence-electron chi connectivity index (χ1n) is 4.54. The van der Waals surface area contributed by atoms with Gasteiger partial charge in [-0.1, -0.05) is 0 Å². The standard InChI is InChI=1S/C9H15N3O2/c1-7(10-5-4-9(13)14)8-3-6-11-12(8)2/h3,6-7,10H,4-5H2,1-2H3,(H,13,14). The molecule has 1 aromatic heterocycles. The molecule has 14 heavy (non-hydrogen) atoms. The van der Waals surface area contributed by atoms with E-state index >= 15 is 0 Å². The van der Waals surface area contributed by atoms with Gasteiger partial charge in [0, 0.05) is 25.8 Å². The molecule has 0 amide bonds. The van der Waals surface area contributed by atoms with Gasteiger partial charge in [0.25, 0.3) is 0 Å². The number of carbonyl (C=O) groups is 1. The van der Waals surface area contributed by atoms with Crippen molar-refractivity contribution in [1.82, 2.24) is 15.1 Å². The third-order valence-corrected chi connectivity index (χ3v) is 2.09. The summed E-state index contributed by atoms with van der Waals surface area (Å²) < 4.78 is 1.78. The van der Waals surface area contributed by atoms with Crippen LogP contribution in [0.25, 0.3) is 0 Å². The highest BCUT2D eigenvalue weighted by Gasteiger charge is 2.08. The lowest BCUT2D eigenvalue weighted by Gasteiger charge is -2.12. The van der Waals surface area contributed by atoms with Crippen LogP contribution in [0.2, 0.25) is 0 Å². The zero-order valence-electron chi connectivity index (χ0n) is 8.40. The molecule has 5 heteroatoms. The number of aryl methyl sites for hydroxylation is 1. The number of nitrogens with one attached hydrogen (secondary N) is 1. The Hall–Kier alpha value is -1.36. The highest BCUT2D eigenvalue weighted by atomic mass is 16.4. The molecule has 0 radical (unpaired) electrons. The first-order valence-corrected chi connectivity index (χ1v) is 4.54. The van der Waals surface area contributed by atoms with E-state index in [2.05, 4.69) is 10.4 Å². The van der Waals surface area contributed by atoms with Gasteiger partial charge in [0.05, 0.1) is 12.1 Å². The van der Waals surface area contributed by atoms with Gasteiger partial charge in [-0.2, -0.15) is 5.10 Å². The molecule has 0 aliphatic rings. The Morgan fingerprint density at radius 3 is 3.00 bits per heavy atom. The molecule has 1 atom stereocenters. The molecule has 0 aliphatic heterocycles. The molecule has 0 spiro atoms. The molecule has 78 valence electrons. The Morgan fingerprint density at radius 1 is 1.79 bits per heavy atom. The quantitative estimate of drug-likeness (QED) is 0.723. The molecule has 0 saturated heterocycles. The number of aliphatic carboxylic acids is 1. The van der Waals surface area contributed by atoms with Crippen molar-refractivity contribution in [3.63, 3.8) is 0 Å². The Kier molecular flexibility index (Phi) is 3.64. The van der Waals surface area contributed by atoms with Crippen LogP contribution < -0.4 is 5.32 Å². The minimum absolute atomic E-state index is 0.127. The summed E-state index contributed by atoms with van der Waals surface area (Å²) >= 11 is 0. The molecule has 0 saturated carbocycles. The highest BCUT2D eigenvalue weighted by Crippen LogP contribution is 2.09. The van der Waals surface area contributed by atoms with Crippen LogP contribution in [-0.2, 0) is 11.8 Å². The van der Waals surface area contributed by atoms with Crippen LogP contribution in [0.3, 0.4) is 0 Å². The average molecular weight is 197 g/mol. The first-order chi connectivity index (χ1) is 6.61. The van der Waals surface area contributed by atoms with Gasteiger partial charge >= 0.3 is 5.97 Å². The van der Waals surface area contributed by atoms with Crippen molar-refractivity contribution < 1.29 is 9.90 Å². The van der Waals surface area contributed by atoms with E-state index in [1.807, 2.05) is 20.0 Å². The van der Waals surface area contributed by atoms with Gasteiger partial charge in [0.15, 0.2) is 0 Å². The number of rotatable bonds is 5. The average Bonchev–Trinajstić information content (AvgIpc) is 2.50. The monoisotopic (exact) mass is 197 g/mol. The topological polar surface area (TPSA) is 67.2 Å². The molecular weight excluding hydrogens is 182 g/mol. The van der Waals surface area contributed by atoms with E-state index in [0.717, 1.165) is 5.69 Å².